The summed E-state index contributed by atoms with van der Waals surface area (Å²) in [7, 11) is 0. The van der Waals surface area contributed by atoms with Gasteiger partial charge in [-0.1, -0.05) is 30.3 Å². The molecule has 1 amide bonds. The fourth-order valence-corrected chi connectivity index (χ4v) is 6.10. The average Bonchev–Trinajstić information content (AvgIpc) is 2.69. The Labute approximate surface area is 156 Å². The van der Waals surface area contributed by atoms with Crippen LogP contribution in [0.15, 0.2) is 48.5 Å². The maximum atomic E-state index is 12.6. The molecule has 0 saturated carbocycles. The van der Waals surface area contributed by atoms with E-state index in [2.05, 4.69) is 17.4 Å². The van der Waals surface area contributed by atoms with Crippen molar-refractivity contribution in [1.82, 2.24) is 5.32 Å². The Morgan fingerprint density at radius 3 is 2.60 bits per heavy atom. The van der Waals surface area contributed by atoms with Crippen LogP contribution in [0.5, 0.6) is 5.75 Å². The van der Waals surface area contributed by atoms with Crippen LogP contribution in [0.1, 0.15) is 45.0 Å². The number of hydrogen-bond acceptors (Lipinski definition) is 4. The molecule has 2 aliphatic heterocycles. The van der Waals surface area contributed by atoms with Crippen molar-refractivity contribution in [3.8, 4) is 5.75 Å². The predicted octanol–water partition coefficient (Wildman–Crippen LogP) is 4.81. The van der Waals surface area contributed by atoms with Crippen LogP contribution in [0.3, 0.4) is 0 Å². The van der Waals surface area contributed by atoms with Crippen molar-refractivity contribution in [1.29, 1.82) is 0 Å². The zero-order valence-electron chi connectivity index (χ0n) is 13.9. The first-order chi connectivity index (χ1) is 12.3. The highest BCUT2D eigenvalue weighted by atomic mass is 32.2. The third-order valence-electron chi connectivity index (χ3n) is 4.54. The summed E-state index contributed by atoms with van der Waals surface area (Å²) in [5.41, 5.74) is 3.09. The molecule has 3 nitrogen and oxygen atoms in total. The number of thioether (sulfide) groups is 2. The molecule has 1 saturated heterocycles. The molecule has 2 aromatic rings. The molecule has 0 aromatic heterocycles. The smallest absolute Gasteiger partial charge is 0.251 e. The molecule has 130 valence electrons. The number of hydrogen-bond donors (Lipinski definition) is 1. The molecule has 25 heavy (non-hydrogen) atoms. The van der Waals surface area contributed by atoms with E-state index < -0.39 is 0 Å². The fraction of sp³-hybridized carbons (Fsp3) is 0.350. The third-order valence-corrected chi connectivity index (χ3v) is 7.55. The maximum Gasteiger partial charge on any atom is 0.251 e. The van der Waals surface area contributed by atoms with E-state index in [0.29, 0.717) is 11.2 Å². The Kier molecular flexibility index (Phi) is 5.22. The van der Waals surface area contributed by atoms with Crippen LogP contribution in [0, 0.1) is 0 Å². The largest absolute Gasteiger partial charge is 0.493 e. The molecular weight excluding hydrogens is 350 g/mol. The average molecular weight is 372 g/mol. The Morgan fingerprint density at radius 1 is 1.04 bits per heavy atom. The number of rotatable bonds is 3. The van der Waals surface area contributed by atoms with Gasteiger partial charge in [-0.05, 0) is 41.7 Å². The molecule has 2 aliphatic rings. The van der Waals surface area contributed by atoms with E-state index in [1.165, 1.54) is 23.5 Å². The Bertz CT molecular complexity index is 742. The summed E-state index contributed by atoms with van der Waals surface area (Å²) in [5.74, 6) is 3.31. The zero-order chi connectivity index (χ0) is 17.1. The van der Waals surface area contributed by atoms with Crippen LogP contribution in [-0.2, 0) is 0 Å². The summed E-state index contributed by atoms with van der Waals surface area (Å²) in [6, 6.07) is 16.1. The summed E-state index contributed by atoms with van der Waals surface area (Å²) in [4.78, 5) is 12.6. The zero-order valence-corrected chi connectivity index (χ0v) is 15.6. The minimum Gasteiger partial charge on any atom is -0.493 e. The molecule has 1 atom stereocenters. The van der Waals surface area contributed by atoms with Gasteiger partial charge in [-0.25, -0.2) is 0 Å². The van der Waals surface area contributed by atoms with Crippen LogP contribution in [-0.4, -0.2) is 24.0 Å². The molecule has 0 radical (unpaired) electrons. The van der Waals surface area contributed by atoms with Gasteiger partial charge in [0.15, 0.2) is 0 Å². The maximum absolute atomic E-state index is 12.6. The number of fused-ring (bicyclic) bond motifs is 1. The highest BCUT2D eigenvalue weighted by molar-refractivity contribution is 8.16. The lowest BCUT2D eigenvalue weighted by molar-refractivity contribution is 0.0925. The van der Waals surface area contributed by atoms with Crippen molar-refractivity contribution in [2.75, 3.05) is 18.1 Å². The molecule has 2 heterocycles. The number of ether oxygens (including phenoxy) is 1. The molecule has 1 N–H and O–H groups in total. The van der Waals surface area contributed by atoms with Gasteiger partial charge < -0.3 is 10.1 Å². The Hall–Kier alpha value is -1.59. The van der Waals surface area contributed by atoms with E-state index in [-0.39, 0.29) is 11.9 Å². The van der Waals surface area contributed by atoms with Crippen LogP contribution < -0.4 is 10.1 Å². The van der Waals surface area contributed by atoms with Crippen LogP contribution in [0.25, 0.3) is 0 Å². The lowest BCUT2D eigenvalue weighted by atomic mass is 10.00. The van der Waals surface area contributed by atoms with E-state index >= 15 is 0 Å². The van der Waals surface area contributed by atoms with Crippen LogP contribution in [0.4, 0.5) is 0 Å². The molecule has 0 unspecified atom stereocenters. The third kappa shape index (κ3) is 3.82. The Morgan fingerprint density at radius 2 is 1.80 bits per heavy atom. The van der Waals surface area contributed by atoms with Gasteiger partial charge in [0, 0.05) is 17.5 Å². The van der Waals surface area contributed by atoms with Gasteiger partial charge in [0.2, 0.25) is 0 Å². The first kappa shape index (κ1) is 16.9. The van der Waals surface area contributed by atoms with Crippen molar-refractivity contribution < 1.29 is 9.53 Å². The molecule has 0 aliphatic carbocycles. The van der Waals surface area contributed by atoms with Crippen LogP contribution in [0.2, 0.25) is 0 Å². The summed E-state index contributed by atoms with van der Waals surface area (Å²) in [6.45, 7) is 0.636. The van der Waals surface area contributed by atoms with Gasteiger partial charge in [0.05, 0.1) is 17.2 Å². The van der Waals surface area contributed by atoms with Gasteiger partial charge in [0.25, 0.3) is 5.91 Å². The molecular formula is C20H21NO2S2. The highest BCUT2D eigenvalue weighted by Crippen LogP contribution is 2.43. The van der Waals surface area contributed by atoms with Crippen molar-refractivity contribution in [2.24, 2.45) is 0 Å². The molecule has 1 fully saturated rings. The summed E-state index contributed by atoms with van der Waals surface area (Å²) >= 11 is 4.00. The molecule has 0 bridgehead atoms. The molecule has 2 aromatic carbocycles. The number of carbonyl (C=O) groups excluding carboxylic acids is 1. The van der Waals surface area contributed by atoms with Gasteiger partial charge in [0.1, 0.15) is 5.75 Å². The highest BCUT2D eigenvalue weighted by Gasteiger charge is 2.23. The number of benzene rings is 2. The summed E-state index contributed by atoms with van der Waals surface area (Å²) in [5, 5.41) is 3.16. The second-order valence-corrected chi connectivity index (χ2v) is 8.97. The predicted molar refractivity (Wildman–Crippen MR) is 105 cm³/mol. The van der Waals surface area contributed by atoms with Crippen LogP contribution >= 0.6 is 23.5 Å². The van der Waals surface area contributed by atoms with Crippen molar-refractivity contribution in [3.63, 3.8) is 0 Å². The normalized spacial score (nSPS) is 20.4. The van der Waals surface area contributed by atoms with Crippen molar-refractivity contribution >= 4 is 29.4 Å². The minimum atomic E-state index is -0.0165. The lowest BCUT2D eigenvalue weighted by Crippen LogP contribution is -2.32. The van der Waals surface area contributed by atoms with E-state index in [4.69, 9.17) is 4.74 Å². The number of nitrogens with one attached hydrogen (secondary N) is 1. The van der Waals surface area contributed by atoms with E-state index in [0.717, 1.165) is 23.3 Å². The van der Waals surface area contributed by atoms with Gasteiger partial charge in [-0.2, -0.15) is 0 Å². The van der Waals surface area contributed by atoms with Gasteiger partial charge >= 0.3 is 0 Å². The summed E-state index contributed by atoms with van der Waals surface area (Å²) in [6.07, 6.45) is 2.09. The van der Waals surface area contributed by atoms with Crippen molar-refractivity contribution in [2.45, 2.75) is 23.5 Å². The quantitative estimate of drug-likeness (QED) is 0.840. The second kappa shape index (κ2) is 7.75. The minimum absolute atomic E-state index is 0.0154. The Balaban J connectivity index is 1.45. The standard InChI is InChI=1S/C20H21NO2S2/c22-19(21-17-10-11-23-18-5-2-1-4-16(17)18)14-6-8-15(9-7-14)20-24-12-3-13-25-20/h1-2,4-9,17,20H,3,10-13H2,(H,21,22)/t17-/m1/s1. The van der Waals surface area contributed by atoms with Gasteiger partial charge in [-0.15, -0.1) is 23.5 Å². The first-order valence-corrected chi connectivity index (χ1v) is 10.8. The number of amides is 1. The van der Waals surface area contributed by atoms with E-state index in [9.17, 15) is 4.79 Å². The number of para-hydroxylation sites is 1. The van der Waals surface area contributed by atoms with E-state index in [1.54, 1.807) is 0 Å². The van der Waals surface area contributed by atoms with Crippen molar-refractivity contribution in [3.05, 3.63) is 65.2 Å². The fourth-order valence-electron chi connectivity index (χ4n) is 3.21. The van der Waals surface area contributed by atoms with E-state index in [1.807, 2.05) is 59.9 Å². The topological polar surface area (TPSA) is 38.3 Å². The number of carbonyl (C=O) groups is 1. The lowest BCUT2D eigenvalue weighted by Gasteiger charge is -2.26. The first-order valence-electron chi connectivity index (χ1n) is 8.67. The molecule has 0 spiro atoms. The molecule has 5 heteroatoms. The van der Waals surface area contributed by atoms with Gasteiger partial charge in [-0.3, -0.25) is 4.79 Å². The second-order valence-electron chi connectivity index (χ2n) is 6.25. The monoisotopic (exact) mass is 371 g/mol. The SMILES string of the molecule is O=C(N[C@@H]1CCOc2ccccc21)c1ccc(C2SCCCS2)cc1. The molecule has 4 rings (SSSR count). The summed E-state index contributed by atoms with van der Waals surface area (Å²) < 4.78 is 6.18.